The molecule has 0 spiro atoms. The average molecular weight is 139 g/mol. The molecule has 0 atom stereocenters. The van der Waals surface area contributed by atoms with Crippen molar-refractivity contribution >= 4 is 0 Å². The van der Waals surface area contributed by atoms with E-state index >= 15 is 0 Å². The van der Waals surface area contributed by atoms with Crippen molar-refractivity contribution in [1.82, 2.24) is 0 Å². The Bertz CT molecular complexity index is 123. The van der Waals surface area contributed by atoms with Crippen LogP contribution in [0.5, 0.6) is 0 Å². The fraction of sp³-hybridized carbons (Fsp3) is 0.556. The Morgan fingerprint density at radius 1 is 1.50 bits per heavy atom. The number of hydrogen-bond donors (Lipinski definition) is 1. The van der Waals surface area contributed by atoms with Crippen molar-refractivity contribution in [3.8, 4) is 0 Å². The zero-order valence-electron chi connectivity index (χ0n) is 6.93. The van der Waals surface area contributed by atoms with Crippen LogP contribution < -0.4 is 5.73 Å². The highest BCUT2D eigenvalue weighted by Gasteiger charge is 1.93. The Hall–Kier alpha value is -0.560. The summed E-state index contributed by atoms with van der Waals surface area (Å²) in [6.07, 6.45) is 10.4. The molecule has 2 N–H and O–H groups in total. The number of allylic oxidation sites excluding steroid dienone is 4. The van der Waals surface area contributed by atoms with E-state index in [2.05, 4.69) is 30.9 Å². The van der Waals surface area contributed by atoms with E-state index in [1.807, 2.05) is 0 Å². The van der Waals surface area contributed by atoms with E-state index < -0.39 is 0 Å². The van der Waals surface area contributed by atoms with Gasteiger partial charge in [0.05, 0.1) is 0 Å². The molecule has 0 heterocycles. The molecule has 58 valence electrons. The van der Waals surface area contributed by atoms with Gasteiger partial charge in [0.2, 0.25) is 0 Å². The van der Waals surface area contributed by atoms with Crippen LogP contribution in [0.25, 0.3) is 0 Å². The van der Waals surface area contributed by atoms with Crippen LogP contribution in [0.3, 0.4) is 0 Å². The third-order valence-electron chi connectivity index (χ3n) is 1.55. The highest BCUT2D eigenvalue weighted by atomic mass is 14.4. The number of hydrogen-bond acceptors (Lipinski definition) is 1. The predicted octanol–water partition coefficient (Wildman–Crippen LogP) is 2.25. The largest absolute Gasteiger partial charge is 0.333 e. The van der Waals surface area contributed by atoms with Gasteiger partial charge in [0, 0.05) is 0 Å². The second-order valence-electron chi connectivity index (χ2n) is 2.15. The minimum atomic E-state index is 1.23. The quantitative estimate of drug-likeness (QED) is 0.592. The maximum atomic E-state index is 4.50. The van der Waals surface area contributed by atoms with Crippen molar-refractivity contribution in [1.29, 1.82) is 0 Å². The maximum Gasteiger partial charge on any atom is -0.0195 e. The third-order valence-corrected chi connectivity index (χ3v) is 1.55. The lowest BCUT2D eigenvalue weighted by atomic mass is 10.0. The van der Waals surface area contributed by atoms with Gasteiger partial charge in [-0.25, -0.2) is 0 Å². The molecule has 1 aliphatic rings. The van der Waals surface area contributed by atoms with Gasteiger partial charge in [-0.1, -0.05) is 30.7 Å². The highest BCUT2D eigenvalue weighted by molar-refractivity contribution is 5.16. The molecule has 0 radical (unpaired) electrons. The van der Waals surface area contributed by atoms with Crippen molar-refractivity contribution in [2.75, 3.05) is 7.05 Å². The molecule has 1 nitrogen and oxygen atoms in total. The second kappa shape index (κ2) is 6.56. The predicted molar refractivity (Wildman–Crippen MR) is 46.9 cm³/mol. The summed E-state index contributed by atoms with van der Waals surface area (Å²) in [6.45, 7) is 2.21. The van der Waals surface area contributed by atoms with Gasteiger partial charge in [-0.3, -0.25) is 0 Å². The second-order valence-corrected chi connectivity index (χ2v) is 2.15. The lowest BCUT2D eigenvalue weighted by Crippen LogP contribution is -1.83. The summed E-state index contributed by atoms with van der Waals surface area (Å²) in [5, 5.41) is 0. The molecule has 0 amide bonds. The zero-order valence-corrected chi connectivity index (χ0v) is 6.93. The van der Waals surface area contributed by atoms with Crippen molar-refractivity contribution in [2.45, 2.75) is 26.2 Å². The van der Waals surface area contributed by atoms with Gasteiger partial charge in [0.25, 0.3) is 0 Å². The molecule has 0 aromatic rings. The minimum Gasteiger partial charge on any atom is -0.333 e. The molecule has 0 aromatic heterocycles. The first-order chi connectivity index (χ1) is 4.93. The van der Waals surface area contributed by atoms with Gasteiger partial charge in [0.15, 0.2) is 0 Å². The first-order valence-corrected chi connectivity index (χ1v) is 3.86. The van der Waals surface area contributed by atoms with Crippen LogP contribution in [0.2, 0.25) is 0 Å². The Morgan fingerprint density at radius 3 is 2.50 bits per heavy atom. The molecule has 1 heteroatoms. The molecule has 0 fully saturated rings. The van der Waals surface area contributed by atoms with Crippen molar-refractivity contribution in [3.05, 3.63) is 23.8 Å². The minimum absolute atomic E-state index is 1.23. The average Bonchev–Trinajstić information content (AvgIpc) is 2.10. The van der Waals surface area contributed by atoms with Crippen LogP contribution in [-0.2, 0) is 0 Å². The van der Waals surface area contributed by atoms with E-state index in [1.54, 1.807) is 5.57 Å². The normalized spacial score (nSPS) is 15.3. The van der Waals surface area contributed by atoms with Gasteiger partial charge in [-0.2, -0.15) is 0 Å². The van der Waals surface area contributed by atoms with E-state index in [9.17, 15) is 0 Å². The molecule has 0 saturated heterocycles. The summed E-state index contributed by atoms with van der Waals surface area (Å²) < 4.78 is 0. The SMILES string of the molecule is CCC1=CC=CCC1.CN. The molecule has 0 saturated carbocycles. The Balaban J connectivity index is 0.000000371. The molecule has 0 aromatic carbocycles. The smallest absolute Gasteiger partial charge is 0.0195 e. The molecule has 0 aliphatic heterocycles. The molecule has 1 aliphatic carbocycles. The maximum absolute atomic E-state index is 4.50. The first kappa shape index (κ1) is 9.44. The van der Waals surface area contributed by atoms with Gasteiger partial charge in [-0.15, -0.1) is 0 Å². The highest BCUT2D eigenvalue weighted by Crippen LogP contribution is 2.13. The zero-order chi connectivity index (χ0) is 7.82. The summed E-state index contributed by atoms with van der Waals surface area (Å²) in [6, 6.07) is 0. The number of nitrogens with two attached hydrogens (primary N) is 1. The molecule has 0 unspecified atom stereocenters. The van der Waals surface area contributed by atoms with Gasteiger partial charge in [-0.05, 0) is 26.3 Å². The Kier molecular flexibility index (Phi) is 6.19. The van der Waals surface area contributed by atoms with Gasteiger partial charge in [0.1, 0.15) is 0 Å². The van der Waals surface area contributed by atoms with Crippen molar-refractivity contribution in [3.63, 3.8) is 0 Å². The lowest BCUT2D eigenvalue weighted by Gasteiger charge is -2.03. The Morgan fingerprint density at radius 2 is 2.20 bits per heavy atom. The monoisotopic (exact) mass is 139 g/mol. The third kappa shape index (κ3) is 3.46. The molecular formula is C9H17N. The van der Waals surface area contributed by atoms with Gasteiger partial charge < -0.3 is 5.73 Å². The topological polar surface area (TPSA) is 26.0 Å². The van der Waals surface area contributed by atoms with Gasteiger partial charge >= 0.3 is 0 Å². The van der Waals surface area contributed by atoms with Crippen LogP contribution in [-0.4, -0.2) is 7.05 Å². The Labute approximate surface area is 63.6 Å². The van der Waals surface area contributed by atoms with Crippen LogP contribution in [0.4, 0.5) is 0 Å². The lowest BCUT2D eigenvalue weighted by molar-refractivity contribution is 0.895. The van der Waals surface area contributed by atoms with Crippen LogP contribution >= 0.6 is 0 Å². The van der Waals surface area contributed by atoms with E-state index in [0.29, 0.717) is 0 Å². The summed E-state index contributed by atoms with van der Waals surface area (Å²) in [5.41, 5.74) is 6.09. The van der Waals surface area contributed by atoms with Crippen LogP contribution in [0, 0.1) is 0 Å². The molecule has 10 heavy (non-hydrogen) atoms. The fourth-order valence-corrected chi connectivity index (χ4v) is 0.947. The molecule has 1 rings (SSSR count). The van der Waals surface area contributed by atoms with E-state index in [1.165, 1.54) is 26.3 Å². The van der Waals surface area contributed by atoms with Crippen LogP contribution in [0.1, 0.15) is 26.2 Å². The summed E-state index contributed by atoms with van der Waals surface area (Å²) >= 11 is 0. The summed E-state index contributed by atoms with van der Waals surface area (Å²) in [7, 11) is 1.50. The van der Waals surface area contributed by atoms with Crippen molar-refractivity contribution in [2.24, 2.45) is 5.73 Å². The standard InChI is InChI=1S/C8H12.CH5N/c1-2-8-6-4-3-5-7-8;1-2/h3-4,6H,2,5,7H2,1H3;2H2,1H3. The first-order valence-electron chi connectivity index (χ1n) is 3.86. The van der Waals surface area contributed by atoms with Crippen LogP contribution in [0.15, 0.2) is 23.8 Å². The summed E-state index contributed by atoms with van der Waals surface area (Å²) in [5.74, 6) is 0. The van der Waals surface area contributed by atoms with E-state index in [0.717, 1.165) is 0 Å². The summed E-state index contributed by atoms with van der Waals surface area (Å²) in [4.78, 5) is 0. The molecule has 0 bridgehead atoms. The fourth-order valence-electron chi connectivity index (χ4n) is 0.947. The van der Waals surface area contributed by atoms with E-state index in [4.69, 9.17) is 0 Å². The molecular weight excluding hydrogens is 122 g/mol. The van der Waals surface area contributed by atoms with E-state index in [-0.39, 0.29) is 0 Å². The van der Waals surface area contributed by atoms with Crippen molar-refractivity contribution < 1.29 is 0 Å². The number of rotatable bonds is 1.